The number of rotatable bonds is 5. The minimum Gasteiger partial charge on any atom is -0.326 e. The molecule has 0 aliphatic heterocycles. The lowest BCUT2D eigenvalue weighted by Crippen LogP contribution is -2.43. The number of hydrazine groups is 1. The highest BCUT2D eigenvalue weighted by Gasteiger charge is 2.08. The second kappa shape index (κ2) is 9.43. The molecule has 2 aromatic rings. The Bertz CT molecular complexity index is 793. The lowest BCUT2D eigenvalue weighted by molar-refractivity contribution is -0.116. The van der Waals surface area contributed by atoms with E-state index in [4.69, 9.17) is 11.6 Å². The van der Waals surface area contributed by atoms with Gasteiger partial charge in [-0.3, -0.25) is 15.0 Å². The van der Waals surface area contributed by atoms with Crippen LogP contribution in [0.5, 0.6) is 0 Å². The zero-order chi connectivity index (χ0) is 18.9. The van der Waals surface area contributed by atoms with E-state index >= 15 is 0 Å². The number of anilines is 2. The van der Waals surface area contributed by atoms with Crippen LogP contribution in [0.3, 0.4) is 0 Å². The number of hydrogen-bond acceptors (Lipinski definition) is 3. The highest BCUT2D eigenvalue weighted by molar-refractivity contribution is 6.30. The molecule has 0 unspecified atom stereocenters. The van der Waals surface area contributed by atoms with Crippen LogP contribution < -0.4 is 21.5 Å². The van der Waals surface area contributed by atoms with Gasteiger partial charge >= 0.3 is 6.03 Å². The lowest BCUT2D eigenvalue weighted by Gasteiger charge is -2.10. The van der Waals surface area contributed by atoms with Gasteiger partial charge < -0.3 is 10.6 Å². The van der Waals surface area contributed by atoms with Crippen LogP contribution in [-0.4, -0.2) is 17.8 Å². The average Bonchev–Trinajstić information content (AvgIpc) is 2.60. The summed E-state index contributed by atoms with van der Waals surface area (Å²) in [5, 5.41) is 5.75. The van der Waals surface area contributed by atoms with Crippen molar-refractivity contribution in [2.24, 2.45) is 0 Å². The predicted octanol–water partition coefficient (Wildman–Crippen LogP) is 3.55. The fraction of sp³-hybridized carbons (Fsp3) is 0.167. The second-order valence-electron chi connectivity index (χ2n) is 5.42. The van der Waals surface area contributed by atoms with Crippen LogP contribution in [0.4, 0.5) is 16.2 Å². The maximum absolute atomic E-state index is 12.0. The Morgan fingerprint density at radius 3 is 2.31 bits per heavy atom. The van der Waals surface area contributed by atoms with Crippen LogP contribution in [0.25, 0.3) is 0 Å². The largest absolute Gasteiger partial charge is 0.337 e. The first-order chi connectivity index (χ1) is 12.5. The molecule has 0 bridgehead atoms. The molecule has 8 heteroatoms. The summed E-state index contributed by atoms with van der Waals surface area (Å²) >= 11 is 5.83. The fourth-order valence-electron chi connectivity index (χ4n) is 2.07. The topological polar surface area (TPSA) is 99.3 Å². The lowest BCUT2D eigenvalue weighted by atomic mass is 10.2. The van der Waals surface area contributed by atoms with Crippen LogP contribution >= 0.6 is 11.6 Å². The van der Waals surface area contributed by atoms with Gasteiger partial charge in [0.25, 0.3) is 5.91 Å². The molecule has 0 aliphatic rings. The van der Waals surface area contributed by atoms with Gasteiger partial charge in [-0.2, -0.15) is 0 Å². The van der Waals surface area contributed by atoms with Crippen molar-refractivity contribution in [2.45, 2.75) is 19.8 Å². The Balaban J connectivity index is 1.83. The summed E-state index contributed by atoms with van der Waals surface area (Å²) in [6.45, 7) is 1.92. The molecular formula is C18H19ClN4O3. The van der Waals surface area contributed by atoms with Crippen LogP contribution in [0.2, 0.25) is 5.02 Å². The van der Waals surface area contributed by atoms with E-state index in [1.165, 1.54) is 0 Å². The van der Waals surface area contributed by atoms with Crippen molar-refractivity contribution >= 4 is 40.8 Å². The summed E-state index contributed by atoms with van der Waals surface area (Å²) in [6.07, 6.45) is 1.20. The van der Waals surface area contributed by atoms with Gasteiger partial charge in [-0.05, 0) is 48.9 Å². The maximum Gasteiger partial charge on any atom is 0.337 e. The minimum atomic E-state index is -0.607. The first kappa shape index (κ1) is 19.3. The highest BCUT2D eigenvalue weighted by atomic mass is 35.5. The summed E-state index contributed by atoms with van der Waals surface area (Å²) in [5.41, 5.74) is 5.98. The number of nitrogens with one attached hydrogen (secondary N) is 4. The van der Waals surface area contributed by atoms with Gasteiger partial charge in [-0.15, -0.1) is 0 Å². The Hall–Kier alpha value is -3.06. The monoisotopic (exact) mass is 374 g/mol. The highest BCUT2D eigenvalue weighted by Crippen LogP contribution is 2.14. The number of urea groups is 1. The van der Waals surface area contributed by atoms with Crippen molar-refractivity contribution in [2.75, 3.05) is 10.6 Å². The molecule has 4 amide bonds. The first-order valence-corrected chi connectivity index (χ1v) is 8.38. The molecule has 0 saturated carbocycles. The first-order valence-electron chi connectivity index (χ1n) is 8.00. The molecule has 4 N–H and O–H groups in total. The minimum absolute atomic E-state index is 0.0796. The van der Waals surface area contributed by atoms with Crippen molar-refractivity contribution in [3.63, 3.8) is 0 Å². The number of carbonyl (C=O) groups is 3. The second-order valence-corrected chi connectivity index (χ2v) is 5.86. The third-order valence-electron chi connectivity index (χ3n) is 3.28. The molecule has 2 aromatic carbocycles. The van der Waals surface area contributed by atoms with Crippen molar-refractivity contribution in [3.05, 3.63) is 59.1 Å². The van der Waals surface area contributed by atoms with E-state index in [2.05, 4.69) is 21.5 Å². The summed E-state index contributed by atoms with van der Waals surface area (Å²) in [6, 6.07) is 12.3. The van der Waals surface area contributed by atoms with Gasteiger partial charge in [0.15, 0.2) is 0 Å². The normalized spacial score (nSPS) is 9.92. The van der Waals surface area contributed by atoms with Gasteiger partial charge in [0.1, 0.15) is 0 Å². The summed E-state index contributed by atoms with van der Waals surface area (Å²) in [7, 11) is 0. The molecule has 0 atom stereocenters. The number of amides is 4. The van der Waals surface area contributed by atoms with E-state index in [1.54, 1.807) is 48.5 Å². The summed E-state index contributed by atoms with van der Waals surface area (Å²) < 4.78 is 0. The Kier molecular flexibility index (Phi) is 6.99. The molecule has 7 nitrogen and oxygen atoms in total. The molecular weight excluding hydrogens is 356 g/mol. The number of hydrogen-bond donors (Lipinski definition) is 4. The predicted molar refractivity (Wildman–Crippen MR) is 101 cm³/mol. The molecule has 0 aromatic heterocycles. The molecule has 0 radical (unpaired) electrons. The molecule has 2 rings (SSSR count). The fourth-order valence-corrected chi connectivity index (χ4v) is 2.26. The number of halogens is 1. The van der Waals surface area contributed by atoms with Crippen molar-refractivity contribution in [1.82, 2.24) is 10.9 Å². The zero-order valence-electron chi connectivity index (χ0n) is 14.1. The third kappa shape index (κ3) is 6.10. The maximum atomic E-state index is 12.0. The number of benzene rings is 2. The smallest absolute Gasteiger partial charge is 0.326 e. The molecule has 26 heavy (non-hydrogen) atoms. The van der Waals surface area contributed by atoms with Gasteiger partial charge in [0.05, 0.1) is 0 Å². The standard InChI is InChI=1S/C18H19ClN4O3/c1-2-4-16(24)20-14-9-7-12(8-10-14)17(25)22-23-18(26)21-15-6-3-5-13(19)11-15/h3,5-11H,2,4H2,1H3,(H,20,24)(H,22,25)(H2,21,23,26). The van der Waals surface area contributed by atoms with Crippen molar-refractivity contribution in [1.29, 1.82) is 0 Å². The summed E-state index contributed by atoms with van der Waals surface area (Å²) in [5.74, 6) is -0.568. The van der Waals surface area contributed by atoms with E-state index in [9.17, 15) is 14.4 Å². The molecule has 0 heterocycles. The van der Waals surface area contributed by atoms with E-state index < -0.39 is 11.9 Å². The zero-order valence-corrected chi connectivity index (χ0v) is 14.9. The third-order valence-corrected chi connectivity index (χ3v) is 3.52. The molecule has 0 spiro atoms. The number of carbonyl (C=O) groups excluding carboxylic acids is 3. The molecule has 136 valence electrons. The van der Waals surface area contributed by atoms with Crippen LogP contribution in [-0.2, 0) is 4.79 Å². The Labute approximate surface area is 156 Å². The van der Waals surface area contributed by atoms with Crippen molar-refractivity contribution < 1.29 is 14.4 Å². The molecule has 0 saturated heterocycles. The van der Waals surface area contributed by atoms with Gasteiger partial charge in [0.2, 0.25) is 5.91 Å². The van der Waals surface area contributed by atoms with Crippen molar-refractivity contribution in [3.8, 4) is 0 Å². The molecule has 0 fully saturated rings. The van der Waals surface area contributed by atoms with E-state index in [-0.39, 0.29) is 5.91 Å². The van der Waals surface area contributed by atoms with Gasteiger partial charge in [-0.25, -0.2) is 10.2 Å². The van der Waals surface area contributed by atoms with Crippen LogP contribution in [0, 0.1) is 0 Å². The van der Waals surface area contributed by atoms with Crippen LogP contribution in [0.15, 0.2) is 48.5 Å². The Morgan fingerprint density at radius 2 is 1.65 bits per heavy atom. The summed E-state index contributed by atoms with van der Waals surface area (Å²) in [4.78, 5) is 35.3. The van der Waals surface area contributed by atoms with E-state index in [1.807, 2.05) is 6.92 Å². The SMILES string of the molecule is CCCC(=O)Nc1ccc(C(=O)NNC(=O)Nc2cccc(Cl)c2)cc1. The van der Waals surface area contributed by atoms with E-state index in [0.29, 0.717) is 28.4 Å². The van der Waals surface area contributed by atoms with Gasteiger partial charge in [-0.1, -0.05) is 24.6 Å². The van der Waals surface area contributed by atoms with Gasteiger partial charge in [0, 0.05) is 28.4 Å². The average molecular weight is 375 g/mol. The Morgan fingerprint density at radius 1 is 0.923 bits per heavy atom. The molecule has 0 aliphatic carbocycles. The quantitative estimate of drug-likeness (QED) is 0.602. The van der Waals surface area contributed by atoms with Crippen LogP contribution in [0.1, 0.15) is 30.1 Å². The van der Waals surface area contributed by atoms with E-state index in [0.717, 1.165) is 6.42 Å².